The van der Waals surface area contributed by atoms with E-state index in [2.05, 4.69) is 0 Å². The van der Waals surface area contributed by atoms with E-state index < -0.39 is 0 Å². The van der Waals surface area contributed by atoms with Gasteiger partial charge in [-0.3, -0.25) is 0 Å². The predicted molar refractivity (Wildman–Crippen MR) is 43.6 cm³/mol. The molecule has 0 fully saturated rings. The van der Waals surface area contributed by atoms with Gasteiger partial charge >= 0.3 is 0 Å². The second-order valence-corrected chi connectivity index (χ2v) is 3.39. The standard InChI is InChI=1S/C7H7ClOS/c8-6(3-4-9)7-2-1-5-10-7/h1-2,4-6H,3H2. The first-order valence-electron chi connectivity index (χ1n) is 2.95. The molecular weight excluding hydrogens is 168 g/mol. The van der Waals surface area contributed by atoms with Crippen LogP contribution in [0.1, 0.15) is 16.7 Å². The van der Waals surface area contributed by atoms with Crippen LogP contribution in [-0.4, -0.2) is 6.29 Å². The number of halogens is 1. The van der Waals surface area contributed by atoms with Crippen molar-refractivity contribution in [1.82, 2.24) is 0 Å². The molecule has 1 aromatic rings. The van der Waals surface area contributed by atoms with Crippen molar-refractivity contribution in [3.8, 4) is 0 Å². The van der Waals surface area contributed by atoms with Gasteiger partial charge in [0.1, 0.15) is 6.29 Å². The van der Waals surface area contributed by atoms with Crippen molar-refractivity contribution in [3.05, 3.63) is 22.4 Å². The Balaban J connectivity index is 2.58. The van der Waals surface area contributed by atoms with Crippen LogP contribution >= 0.6 is 22.9 Å². The fourth-order valence-corrected chi connectivity index (χ4v) is 1.69. The van der Waals surface area contributed by atoms with Crippen LogP contribution in [0.2, 0.25) is 0 Å². The highest BCUT2D eigenvalue weighted by molar-refractivity contribution is 7.10. The van der Waals surface area contributed by atoms with Gasteiger partial charge in [0.05, 0.1) is 5.38 Å². The van der Waals surface area contributed by atoms with Gasteiger partial charge in [-0.1, -0.05) is 6.07 Å². The third-order valence-electron chi connectivity index (χ3n) is 1.16. The Labute approximate surface area is 68.6 Å². The van der Waals surface area contributed by atoms with Crippen molar-refractivity contribution in [2.24, 2.45) is 0 Å². The fourth-order valence-electron chi connectivity index (χ4n) is 0.670. The summed E-state index contributed by atoms with van der Waals surface area (Å²) < 4.78 is 0. The lowest BCUT2D eigenvalue weighted by atomic mass is 10.3. The number of aldehydes is 1. The van der Waals surface area contributed by atoms with Gasteiger partial charge in [-0.25, -0.2) is 0 Å². The quantitative estimate of drug-likeness (QED) is 0.509. The first kappa shape index (κ1) is 7.76. The van der Waals surface area contributed by atoms with Crippen LogP contribution in [0.25, 0.3) is 0 Å². The molecule has 3 heteroatoms. The Kier molecular flexibility index (Phi) is 2.90. The van der Waals surface area contributed by atoms with Gasteiger partial charge in [-0.15, -0.1) is 22.9 Å². The normalized spacial score (nSPS) is 12.9. The molecule has 0 N–H and O–H groups in total. The maximum Gasteiger partial charge on any atom is 0.121 e. The molecule has 1 unspecified atom stereocenters. The minimum absolute atomic E-state index is 0.127. The average Bonchev–Trinajstić information content (AvgIpc) is 2.38. The third-order valence-corrected chi connectivity index (χ3v) is 2.68. The fraction of sp³-hybridized carbons (Fsp3) is 0.286. The highest BCUT2D eigenvalue weighted by Gasteiger charge is 2.06. The van der Waals surface area contributed by atoms with E-state index >= 15 is 0 Å². The van der Waals surface area contributed by atoms with E-state index in [1.165, 1.54) is 0 Å². The van der Waals surface area contributed by atoms with Crippen LogP contribution in [0.15, 0.2) is 17.5 Å². The molecule has 0 saturated heterocycles. The summed E-state index contributed by atoms with van der Waals surface area (Å²) >= 11 is 7.41. The first-order chi connectivity index (χ1) is 4.84. The number of thiophene rings is 1. The van der Waals surface area contributed by atoms with Crippen LogP contribution in [0.5, 0.6) is 0 Å². The van der Waals surface area contributed by atoms with Crippen molar-refractivity contribution in [2.75, 3.05) is 0 Å². The second-order valence-electron chi connectivity index (χ2n) is 1.89. The van der Waals surface area contributed by atoms with Gasteiger partial charge in [-0.05, 0) is 11.4 Å². The lowest BCUT2D eigenvalue weighted by molar-refractivity contribution is -0.107. The lowest BCUT2D eigenvalue weighted by Crippen LogP contribution is -1.85. The molecule has 0 amide bonds. The summed E-state index contributed by atoms with van der Waals surface area (Å²) in [5.74, 6) is 0. The van der Waals surface area contributed by atoms with Crippen molar-refractivity contribution < 1.29 is 4.79 Å². The SMILES string of the molecule is O=CCC(Cl)c1cccs1. The van der Waals surface area contributed by atoms with Crippen LogP contribution < -0.4 is 0 Å². The number of rotatable bonds is 3. The van der Waals surface area contributed by atoms with E-state index in [0.717, 1.165) is 11.2 Å². The number of hydrogen-bond acceptors (Lipinski definition) is 2. The smallest absolute Gasteiger partial charge is 0.121 e. The monoisotopic (exact) mass is 174 g/mol. The number of alkyl halides is 1. The Morgan fingerprint density at radius 3 is 3.10 bits per heavy atom. The van der Waals surface area contributed by atoms with E-state index in [9.17, 15) is 4.79 Å². The highest BCUT2D eigenvalue weighted by Crippen LogP contribution is 2.26. The summed E-state index contributed by atoms with van der Waals surface area (Å²) in [6.07, 6.45) is 1.25. The molecule has 1 heterocycles. The van der Waals surface area contributed by atoms with Crippen LogP contribution in [0, 0.1) is 0 Å². The predicted octanol–water partition coefficient (Wildman–Crippen LogP) is 2.62. The van der Waals surface area contributed by atoms with Crippen molar-refractivity contribution in [3.63, 3.8) is 0 Å². The zero-order chi connectivity index (χ0) is 7.40. The van der Waals surface area contributed by atoms with Gasteiger partial charge in [0.25, 0.3) is 0 Å². The van der Waals surface area contributed by atoms with Crippen LogP contribution in [0.3, 0.4) is 0 Å². The van der Waals surface area contributed by atoms with Crippen LogP contribution in [-0.2, 0) is 4.79 Å². The highest BCUT2D eigenvalue weighted by atomic mass is 35.5. The first-order valence-corrected chi connectivity index (χ1v) is 4.27. The zero-order valence-corrected chi connectivity index (χ0v) is 6.86. The molecule has 10 heavy (non-hydrogen) atoms. The molecule has 0 radical (unpaired) electrons. The average molecular weight is 175 g/mol. The van der Waals surface area contributed by atoms with E-state index in [1.807, 2.05) is 17.5 Å². The van der Waals surface area contributed by atoms with Gasteiger partial charge in [-0.2, -0.15) is 0 Å². The second kappa shape index (κ2) is 3.74. The van der Waals surface area contributed by atoms with Crippen molar-refractivity contribution >= 4 is 29.2 Å². The Morgan fingerprint density at radius 1 is 1.80 bits per heavy atom. The number of carbonyl (C=O) groups is 1. The summed E-state index contributed by atoms with van der Waals surface area (Å²) in [6.45, 7) is 0. The van der Waals surface area contributed by atoms with Gasteiger partial charge in [0.15, 0.2) is 0 Å². The van der Waals surface area contributed by atoms with Crippen LogP contribution in [0.4, 0.5) is 0 Å². The van der Waals surface area contributed by atoms with Gasteiger partial charge in [0.2, 0.25) is 0 Å². The third kappa shape index (κ3) is 1.82. The molecule has 54 valence electrons. The van der Waals surface area contributed by atoms with E-state index in [-0.39, 0.29) is 5.38 Å². The van der Waals surface area contributed by atoms with E-state index in [0.29, 0.717) is 6.42 Å². The molecular formula is C7H7ClOS. The topological polar surface area (TPSA) is 17.1 Å². The lowest BCUT2D eigenvalue weighted by Gasteiger charge is -1.98. The minimum Gasteiger partial charge on any atom is -0.303 e. The Hall–Kier alpha value is -0.340. The summed E-state index contributed by atoms with van der Waals surface area (Å²) in [5, 5.41) is 1.83. The molecule has 0 aliphatic rings. The van der Waals surface area contributed by atoms with E-state index in [1.54, 1.807) is 11.3 Å². The summed E-state index contributed by atoms with van der Waals surface area (Å²) in [5.41, 5.74) is 0. The van der Waals surface area contributed by atoms with Gasteiger partial charge in [0, 0.05) is 11.3 Å². The number of carbonyl (C=O) groups excluding carboxylic acids is 1. The Bertz CT molecular complexity index is 195. The molecule has 0 aliphatic heterocycles. The maximum absolute atomic E-state index is 10.0. The molecule has 0 saturated carbocycles. The molecule has 0 aromatic carbocycles. The minimum atomic E-state index is -0.127. The zero-order valence-electron chi connectivity index (χ0n) is 5.29. The molecule has 0 spiro atoms. The van der Waals surface area contributed by atoms with E-state index in [4.69, 9.17) is 11.6 Å². The molecule has 1 rings (SSSR count). The number of hydrogen-bond donors (Lipinski definition) is 0. The summed E-state index contributed by atoms with van der Waals surface area (Å²) in [4.78, 5) is 11.1. The summed E-state index contributed by atoms with van der Waals surface area (Å²) in [7, 11) is 0. The van der Waals surface area contributed by atoms with Crippen molar-refractivity contribution in [2.45, 2.75) is 11.8 Å². The molecule has 1 nitrogen and oxygen atoms in total. The maximum atomic E-state index is 10.0. The molecule has 0 aliphatic carbocycles. The van der Waals surface area contributed by atoms with Crippen molar-refractivity contribution in [1.29, 1.82) is 0 Å². The largest absolute Gasteiger partial charge is 0.303 e. The Morgan fingerprint density at radius 2 is 2.60 bits per heavy atom. The molecule has 1 atom stereocenters. The molecule has 1 aromatic heterocycles. The van der Waals surface area contributed by atoms with Gasteiger partial charge < -0.3 is 4.79 Å². The summed E-state index contributed by atoms with van der Waals surface area (Å²) in [6, 6.07) is 3.87. The molecule has 0 bridgehead atoms.